The number of benzene rings is 2. The molecule has 0 bridgehead atoms. The molecule has 4 rings (SSSR count). The molecule has 2 aromatic rings. The summed E-state index contributed by atoms with van der Waals surface area (Å²) < 4.78 is 10.5. The summed E-state index contributed by atoms with van der Waals surface area (Å²) in [7, 11) is 1.53. The first-order valence-electron chi connectivity index (χ1n) is 10.5. The Balaban J connectivity index is 1.43. The fraction of sp³-hybridized carbons (Fsp3) is 0.292. The number of halogens is 1. The molecular formula is C24H23ClN2O5. The highest BCUT2D eigenvalue weighted by molar-refractivity contribution is 6.48. The van der Waals surface area contributed by atoms with Crippen molar-refractivity contribution in [2.75, 3.05) is 12.4 Å². The van der Waals surface area contributed by atoms with Crippen LogP contribution in [-0.4, -0.2) is 35.8 Å². The van der Waals surface area contributed by atoms with Gasteiger partial charge >= 0.3 is 5.97 Å². The van der Waals surface area contributed by atoms with Crippen molar-refractivity contribution in [2.24, 2.45) is 0 Å². The van der Waals surface area contributed by atoms with Crippen LogP contribution in [0.4, 0.5) is 5.69 Å². The van der Waals surface area contributed by atoms with Gasteiger partial charge in [0.25, 0.3) is 11.8 Å². The first kappa shape index (κ1) is 21.9. The number of amides is 2. The minimum Gasteiger partial charge on any atom is -0.497 e. The van der Waals surface area contributed by atoms with Crippen molar-refractivity contribution in [1.29, 1.82) is 0 Å². The van der Waals surface area contributed by atoms with E-state index in [4.69, 9.17) is 21.1 Å². The molecule has 1 saturated carbocycles. The summed E-state index contributed by atoms with van der Waals surface area (Å²) >= 11 is 6.20. The van der Waals surface area contributed by atoms with E-state index < -0.39 is 17.8 Å². The third-order valence-corrected chi connectivity index (χ3v) is 5.99. The van der Waals surface area contributed by atoms with E-state index >= 15 is 0 Å². The third kappa shape index (κ3) is 4.48. The number of methoxy groups -OCH3 is 1. The second kappa shape index (κ2) is 9.44. The lowest BCUT2D eigenvalue weighted by Gasteiger charge is -2.29. The summed E-state index contributed by atoms with van der Waals surface area (Å²) in [6, 6.07) is 13.0. The highest BCUT2D eigenvalue weighted by Crippen LogP contribution is 2.32. The number of esters is 1. The zero-order valence-corrected chi connectivity index (χ0v) is 18.4. The van der Waals surface area contributed by atoms with Crippen molar-refractivity contribution < 1.29 is 23.9 Å². The molecule has 1 aliphatic carbocycles. The fourth-order valence-electron chi connectivity index (χ4n) is 3.96. The lowest BCUT2D eigenvalue weighted by Crippen LogP contribution is -2.42. The molecule has 1 N–H and O–H groups in total. The van der Waals surface area contributed by atoms with Gasteiger partial charge in [0.2, 0.25) is 0 Å². The standard InChI is InChI=1S/C24H23ClN2O5/c1-31-18-8-5-9-19(14-18)32-24(30)15-10-12-16(13-11-15)26-21-20(25)22(28)27(23(21)29)17-6-3-2-4-7-17/h5,8-14,17,26H,2-4,6-7H2,1H3. The third-order valence-electron chi connectivity index (χ3n) is 5.64. The molecule has 2 aliphatic rings. The summed E-state index contributed by atoms with van der Waals surface area (Å²) in [6.07, 6.45) is 4.72. The van der Waals surface area contributed by atoms with Gasteiger partial charge in [-0.15, -0.1) is 0 Å². The smallest absolute Gasteiger partial charge is 0.343 e. The van der Waals surface area contributed by atoms with Crippen LogP contribution in [0.1, 0.15) is 42.5 Å². The van der Waals surface area contributed by atoms with Crippen LogP contribution in [0.25, 0.3) is 0 Å². The molecule has 32 heavy (non-hydrogen) atoms. The van der Waals surface area contributed by atoms with Gasteiger partial charge in [-0.05, 0) is 49.2 Å². The van der Waals surface area contributed by atoms with Gasteiger partial charge < -0.3 is 14.8 Å². The van der Waals surface area contributed by atoms with Crippen molar-refractivity contribution in [3.05, 3.63) is 64.8 Å². The lowest BCUT2D eigenvalue weighted by atomic mass is 9.94. The molecule has 1 fully saturated rings. The van der Waals surface area contributed by atoms with Crippen molar-refractivity contribution in [2.45, 2.75) is 38.1 Å². The predicted molar refractivity (Wildman–Crippen MR) is 120 cm³/mol. The number of nitrogens with one attached hydrogen (secondary N) is 1. The molecule has 2 amide bonds. The van der Waals surface area contributed by atoms with Crippen LogP contribution in [0.2, 0.25) is 0 Å². The summed E-state index contributed by atoms with van der Waals surface area (Å²) in [5.74, 6) is -0.444. The highest BCUT2D eigenvalue weighted by atomic mass is 35.5. The quantitative estimate of drug-likeness (QED) is 0.393. The second-order valence-electron chi connectivity index (χ2n) is 7.73. The number of ether oxygens (including phenoxy) is 2. The number of anilines is 1. The van der Waals surface area contributed by atoms with Gasteiger partial charge in [0, 0.05) is 17.8 Å². The molecule has 2 aromatic carbocycles. The van der Waals surface area contributed by atoms with Gasteiger partial charge in [-0.25, -0.2) is 4.79 Å². The van der Waals surface area contributed by atoms with Crippen LogP contribution in [0.5, 0.6) is 11.5 Å². The minimum atomic E-state index is -0.530. The number of carbonyl (C=O) groups excluding carboxylic acids is 3. The zero-order chi connectivity index (χ0) is 22.7. The topological polar surface area (TPSA) is 84.9 Å². The van der Waals surface area contributed by atoms with Crippen molar-refractivity contribution in [3.8, 4) is 11.5 Å². The number of nitrogens with zero attached hydrogens (tertiary/aromatic N) is 1. The minimum absolute atomic E-state index is 0.0638. The summed E-state index contributed by atoms with van der Waals surface area (Å²) in [5.41, 5.74) is 0.924. The van der Waals surface area contributed by atoms with Gasteiger partial charge in [0.1, 0.15) is 22.2 Å². The number of hydrogen-bond acceptors (Lipinski definition) is 6. The molecule has 166 valence electrons. The van der Waals surface area contributed by atoms with Crippen LogP contribution in [0, 0.1) is 0 Å². The maximum atomic E-state index is 12.9. The van der Waals surface area contributed by atoms with E-state index in [0.29, 0.717) is 22.7 Å². The van der Waals surface area contributed by atoms with E-state index in [-0.39, 0.29) is 16.8 Å². The molecule has 0 radical (unpaired) electrons. The van der Waals surface area contributed by atoms with Crippen LogP contribution in [-0.2, 0) is 9.59 Å². The Hall–Kier alpha value is -3.32. The Labute approximate surface area is 190 Å². The van der Waals surface area contributed by atoms with Crippen molar-refractivity contribution in [1.82, 2.24) is 4.90 Å². The zero-order valence-electron chi connectivity index (χ0n) is 17.6. The Morgan fingerprint density at radius 1 is 1.00 bits per heavy atom. The summed E-state index contributed by atoms with van der Waals surface area (Å²) in [6.45, 7) is 0. The SMILES string of the molecule is COc1cccc(OC(=O)c2ccc(NC3=C(Cl)C(=O)N(C4CCCCC4)C3=O)cc2)c1. The highest BCUT2D eigenvalue weighted by Gasteiger charge is 2.42. The van der Waals surface area contributed by atoms with Gasteiger partial charge in [0.05, 0.1) is 12.7 Å². The van der Waals surface area contributed by atoms with Crippen LogP contribution in [0.3, 0.4) is 0 Å². The van der Waals surface area contributed by atoms with E-state index in [2.05, 4.69) is 5.32 Å². The first-order valence-corrected chi connectivity index (χ1v) is 10.9. The molecule has 0 atom stereocenters. The molecule has 0 spiro atoms. The molecule has 0 unspecified atom stereocenters. The molecular weight excluding hydrogens is 432 g/mol. The second-order valence-corrected chi connectivity index (χ2v) is 8.11. The van der Waals surface area contributed by atoms with E-state index in [1.54, 1.807) is 48.5 Å². The van der Waals surface area contributed by atoms with E-state index in [9.17, 15) is 14.4 Å². The monoisotopic (exact) mass is 454 g/mol. The molecule has 7 nitrogen and oxygen atoms in total. The summed E-state index contributed by atoms with van der Waals surface area (Å²) in [4.78, 5) is 39.2. The van der Waals surface area contributed by atoms with E-state index in [1.165, 1.54) is 12.0 Å². The van der Waals surface area contributed by atoms with E-state index in [1.807, 2.05) is 0 Å². The Morgan fingerprint density at radius 3 is 2.38 bits per heavy atom. The average molecular weight is 455 g/mol. The normalized spacial score (nSPS) is 17.0. The molecule has 0 aromatic heterocycles. The van der Waals surface area contributed by atoms with Crippen LogP contribution in [0.15, 0.2) is 59.3 Å². The molecule has 1 heterocycles. The number of imide groups is 1. The predicted octanol–water partition coefficient (Wildman–Crippen LogP) is 4.48. The molecule has 8 heteroatoms. The maximum Gasteiger partial charge on any atom is 0.343 e. The first-order chi connectivity index (χ1) is 15.5. The molecule has 1 aliphatic heterocycles. The number of hydrogen-bond donors (Lipinski definition) is 1. The van der Waals surface area contributed by atoms with Crippen LogP contribution >= 0.6 is 11.6 Å². The largest absolute Gasteiger partial charge is 0.497 e. The Kier molecular flexibility index (Phi) is 6.46. The molecule has 0 saturated heterocycles. The van der Waals surface area contributed by atoms with Gasteiger partial charge in [-0.3, -0.25) is 14.5 Å². The van der Waals surface area contributed by atoms with Crippen molar-refractivity contribution in [3.63, 3.8) is 0 Å². The average Bonchev–Trinajstić information content (AvgIpc) is 3.03. The van der Waals surface area contributed by atoms with Gasteiger partial charge in [-0.2, -0.15) is 0 Å². The number of carbonyl (C=O) groups is 3. The lowest BCUT2D eigenvalue weighted by molar-refractivity contribution is -0.140. The Morgan fingerprint density at radius 2 is 1.69 bits per heavy atom. The fourth-order valence-corrected chi connectivity index (χ4v) is 4.18. The van der Waals surface area contributed by atoms with Gasteiger partial charge in [0.15, 0.2) is 0 Å². The summed E-state index contributed by atoms with van der Waals surface area (Å²) in [5, 5.41) is 2.83. The van der Waals surface area contributed by atoms with Gasteiger partial charge in [-0.1, -0.05) is 36.9 Å². The number of rotatable bonds is 6. The van der Waals surface area contributed by atoms with E-state index in [0.717, 1.165) is 32.1 Å². The van der Waals surface area contributed by atoms with Crippen molar-refractivity contribution >= 4 is 35.1 Å². The maximum absolute atomic E-state index is 12.9. The Bertz CT molecular complexity index is 1070. The van der Waals surface area contributed by atoms with Crippen LogP contribution < -0.4 is 14.8 Å².